The molecular weight excluding hydrogens is 246 g/mol. The highest BCUT2D eigenvalue weighted by Crippen LogP contribution is 2.64. The average molecular weight is 262 g/mol. The van der Waals surface area contributed by atoms with Gasteiger partial charge < -0.3 is 10.3 Å². The Labute approximate surface area is 92.3 Å². The molecule has 80 valence electrons. The van der Waals surface area contributed by atoms with Gasteiger partial charge in [0.25, 0.3) is 0 Å². The highest BCUT2D eigenvalue weighted by molar-refractivity contribution is 9.09. The van der Waals surface area contributed by atoms with Gasteiger partial charge in [-0.2, -0.15) is 0 Å². The predicted octanol–water partition coefficient (Wildman–Crippen LogP) is 2.01. The zero-order valence-corrected chi connectivity index (χ0v) is 10.1. The van der Waals surface area contributed by atoms with Gasteiger partial charge in [0.15, 0.2) is 0 Å². The van der Waals surface area contributed by atoms with Gasteiger partial charge in [-0.25, -0.2) is 0 Å². The van der Waals surface area contributed by atoms with E-state index in [1.807, 2.05) is 0 Å². The van der Waals surface area contributed by atoms with Crippen LogP contribution < -0.4 is 0 Å². The molecule has 2 saturated carbocycles. The second kappa shape index (κ2) is 2.95. The number of halogens is 1. The Morgan fingerprint density at radius 1 is 1.57 bits per heavy atom. The van der Waals surface area contributed by atoms with E-state index >= 15 is 0 Å². The van der Waals surface area contributed by atoms with Crippen LogP contribution in [0.4, 0.5) is 0 Å². The van der Waals surface area contributed by atoms with Crippen LogP contribution in [0.15, 0.2) is 5.16 Å². The maximum absolute atomic E-state index is 10.1. The number of aliphatic hydroxyl groups is 1. The van der Waals surface area contributed by atoms with E-state index in [-0.39, 0.29) is 16.7 Å². The minimum absolute atomic E-state index is 0.0218. The number of fused-ring (bicyclic) bond motifs is 2. The maximum atomic E-state index is 10.1. The van der Waals surface area contributed by atoms with Gasteiger partial charge in [-0.05, 0) is 18.3 Å². The van der Waals surface area contributed by atoms with Crippen molar-refractivity contribution in [3.63, 3.8) is 0 Å². The minimum Gasteiger partial charge on any atom is -0.411 e. The smallest absolute Gasteiger partial charge is 0.102 e. The van der Waals surface area contributed by atoms with Crippen LogP contribution in [0.3, 0.4) is 0 Å². The SMILES string of the molecule is CC12CCC(/C(=N/O)C1O)C2(C)CBr. The fourth-order valence-electron chi connectivity index (χ4n) is 3.26. The molecule has 2 N–H and O–H groups in total. The maximum Gasteiger partial charge on any atom is 0.102 e. The number of aliphatic hydroxyl groups excluding tert-OH is 1. The van der Waals surface area contributed by atoms with Crippen LogP contribution in [0.5, 0.6) is 0 Å². The van der Waals surface area contributed by atoms with E-state index < -0.39 is 6.10 Å². The molecule has 4 unspecified atom stereocenters. The first-order chi connectivity index (χ1) is 6.51. The van der Waals surface area contributed by atoms with Crippen LogP contribution in [0, 0.1) is 16.7 Å². The molecule has 0 amide bonds. The lowest BCUT2D eigenvalue weighted by atomic mass is 9.70. The lowest BCUT2D eigenvalue weighted by molar-refractivity contribution is 0.0365. The summed E-state index contributed by atoms with van der Waals surface area (Å²) in [6.07, 6.45) is 1.46. The molecule has 14 heavy (non-hydrogen) atoms. The molecule has 2 rings (SSSR count). The molecule has 0 heterocycles. The Morgan fingerprint density at radius 3 is 2.57 bits per heavy atom. The van der Waals surface area contributed by atoms with Crippen LogP contribution in [0.2, 0.25) is 0 Å². The summed E-state index contributed by atoms with van der Waals surface area (Å²) in [6, 6.07) is 0. The van der Waals surface area contributed by atoms with Gasteiger partial charge in [0.2, 0.25) is 0 Å². The molecular formula is C10H16BrNO2. The Kier molecular flexibility index (Phi) is 2.20. The molecule has 2 fully saturated rings. The Bertz CT molecular complexity index is 292. The van der Waals surface area contributed by atoms with Crippen molar-refractivity contribution in [2.24, 2.45) is 21.9 Å². The van der Waals surface area contributed by atoms with E-state index in [1.165, 1.54) is 0 Å². The highest BCUT2D eigenvalue weighted by atomic mass is 79.9. The molecule has 3 nitrogen and oxygen atoms in total. The van der Waals surface area contributed by atoms with Crippen molar-refractivity contribution in [1.82, 2.24) is 0 Å². The summed E-state index contributed by atoms with van der Waals surface area (Å²) < 4.78 is 0. The zero-order chi connectivity index (χ0) is 10.6. The van der Waals surface area contributed by atoms with E-state index in [0.29, 0.717) is 5.71 Å². The lowest BCUT2D eigenvalue weighted by Gasteiger charge is -2.37. The number of nitrogens with zero attached hydrogens (tertiary/aromatic N) is 1. The van der Waals surface area contributed by atoms with E-state index in [2.05, 4.69) is 34.9 Å². The molecule has 0 radical (unpaired) electrons. The Morgan fingerprint density at radius 2 is 2.21 bits per heavy atom. The van der Waals surface area contributed by atoms with Crippen molar-refractivity contribution in [1.29, 1.82) is 0 Å². The molecule has 2 bridgehead atoms. The van der Waals surface area contributed by atoms with Crippen molar-refractivity contribution in [2.45, 2.75) is 32.8 Å². The summed E-state index contributed by atoms with van der Waals surface area (Å²) in [5.74, 6) is 0.229. The van der Waals surface area contributed by atoms with E-state index in [9.17, 15) is 5.11 Å². The summed E-state index contributed by atoms with van der Waals surface area (Å²) in [4.78, 5) is 0. The standard InChI is InChI=1S/C10H16BrNO2/c1-9-4-3-6(10(9,2)5-11)7(12-14)8(9)13/h6,8,13-14H,3-5H2,1-2H3/b12-7-. The van der Waals surface area contributed by atoms with Crippen molar-refractivity contribution >= 4 is 21.6 Å². The topological polar surface area (TPSA) is 52.8 Å². The van der Waals surface area contributed by atoms with Crippen LogP contribution in [0.25, 0.3) is 0 Å². The number of hydrogen-bond donors (Lipinski definition) is 2. The van der Waals surface area contributed by atoms with Gasteiger partial charge >= 0.3 is 0 Å². The molecule has 0 aliphatic heterocycles. The van der Waals surface area contributed by atoms with Gasteiger partial charge in [0.1, 0.15) is 6.10 Å². The number of rotatable bonds is 1. The fourth-order valence-corrected chi connectivity index (χ4v) is 4.29. The summed E-state index contributed by atoms with van der Waals surface area (Å²) in [5.41, 5.74) is 0.470. The van der Waals surface area contributed by atoms with E-state index in [0.717, 1.165) is 18.2 Å². The second-order valence-corrected chi connectivity index (χ2v) is 5.55. The molecule has 0 aromatic rings. The zero-order valence-electron chi connectivity index (χ0n) is 8.50. The van der Waals surface area contributed by atoms with Gasteiger partial charge in [-0.3, -0.25) is 0 Å². The van der Waals surface area contributed by atoms with E-state index in [1.54, 1.807) is 0 Å². The molecule has 0 aromatic carbocycles. The normalized spacial score (nSPS) is 54.4. The number of hydrogen-bond acceptors (Lipinski definition) is 3. The first-order valence-electron chi connectivity index (χ1n) is 4.97. The van der Waals surface area contributed by atoms with Gasteiger partial charge in [0.05, 0.1) is 5.71 Å². The number of alkyl halides is 1. The average Bonchev–Trinajstić information content (AvgIpc) is 2.52. The van der Waals surface area contributed by atoms with Gasteiger partial charge in [-0.15, -0.1) is 0 Å². The van der Waals surface area contributed by atoms with Crippen molar-refractivity contribution in [3.05, 3.63) is 0 Å². The third-order valence-electron chi connectivity index (χ3n) is 4.66. The monoisotopic (exact) mass is 261 g/mol. The molecule has 2 aliphatic carbocycles. The third-order valence-corrected chi connectivity index (χ3v) is 5.82. The molecule has 0 aromatic heterocycles. The molecule has 4 heteroatoms. The first kappa shape index (κ1) is 10.4. The lowest BCUT2D eigenvalue weighted by Crippen LogP contribution is -2.39. The van der Waals surface area contributed by atoms with Crippen molar-refractivity contribution in [3.8, 4) is 0 Å². The predicted molar refractivity (Wildman–Crippen MR) is 58.0 cm³/mol. The van der Waals surface area contributed by atoms with Crippen LogP contribution in [-0.4, -0.2) is 27.5 Å². The summed E-state index contributed by atoms with van der Waals surface area (Å²) >= 11 is 3.52. The van der Waals surface area contributed by atoms with Crippen LogP contribution in [-0.2, 0) is 0 Å². The summed E-state index contributed by atoms with van der Waals surface area (Å²) in [5, 5.41) is 23.1. The largest absolute Gasteiger partial charge is 0.411 e. The second-order valence-electron chi connectivity index (χ2n) is 4.99. The van der Waals surface area contributed by atoms with Crippen LogP contribution in [0.1, 0.15) is 26.7 Å². The number of oxime groups is 1. The van der Waals surface area contributed by atoms with Gasteiger partial charge in [0, 0.05) is 16.7 Å². The summed E-state index contributed by atoms with van der Waals surface area (Å²) in [7, 11) is 0. The summed E-state index contributed by atoms with van der Waals surface area (Å²) in [6.45, 7) is 4.26. The minimum atomic E-state index is -0.575. The quantitative estimate of drug-likeness (QED) is 0.431. The van der Waals surface area contributed by atoms with E-state index in [4.69, 9.17) is 5.21 Å². The molecule has 4 atom stereocenters. The van der Waals surface area contributed by atoms with Crippen molar-refractivity contribution < 1.29 is 10.3 Å². The third kappa shape index (κ3) is 0.890. The van der Waals surface area contributed by atoms with Crippen molar-refractivity contribution in [2.75, 3.05) is 5.33 Å². The van der Waals surface area contributed by atoms with Crippen LogP contribution >= 0.6 is 15.9 Å². The first-order valence-corrected chi connectivity index (χ1v) is 6.09. The fraction of sp³-hybridized carbons (Fsp3) is 0.900. The molecule has 2 aliphatic rings. The molecule has 0 spiro atoms. The highest BCUT2D eigenvalue weighted by Gasteiger charge is 2.66. The Balaban J connectivity index is 2.50. The molecule has 0 saturated heterocycles. The van der Waals surface area contributed by atoms with Gasteiger partial charge in [-0.1, -0.05) is 34.9 Å². The Hall–Kier alpha value is -0.0900.